The molecular weight excluding hydrogens is 262 g/mol. The van der Waals surface area contributed by atoms with Crippen molar-refractivity contribution < 1.29 is 5.11 Å². The van der Waals surface area contributed by atoms with Gasteiger partial charge in [0.05, 0.1) is 17.7 Å². The molecule has 4 nitrogen and oxygen atoms in total. The number of hydrogen-bond donors (Lipinski definition) is 1. The molecule has 1 atom stereocenters. The average Bonchev–Trinajstić information content (AvgIpc) is 2.74. The van der Waals surface area contributed by atoms with Crippen molar-refractivity contribution in [2.45, 2.75) is 33.4 Å². The molecule has 0 saturated heterocycles. The summed E-state index contributed by atoms with van der Waals surface area (Å²) in [4.78, 5) is 2.12. The van der Waals surface area contributed by atoms with E-state index < -0.39 is 0 Å². The maximum Gasteiger partial charge on any atom is 0.102 e. The Morgan fingerprint density at radius 3 is 2.67 bits per heavy atom. The van der Waals surface area contributed by atoms with Crippen LogP contribution in [-0.2, 0) is 6.54 Å². The van der Waals surface area contributed by atoms with Gasteiger partial charge in [0, 0.05) is 30.5 Å². The minimum atomic E-state index is -0.0184. The fourth-order valence-corrected chi connectivity index (χ4v) is 2.88. The second-order valence-corrected chi connectivity index (χ2v) is 6.61. The summed E-state index contributed by atoms with van der Waals surface area (Å²) in [5, 5.41) is 19.1. The Bertz CT molecular complexity index is 661. The summed E-state index contributed by atoms with van der Waals surface area (Å²) in [6, 6.07) is 8.20. The third-order valence-electron chi connectivity index (χ3n) is 4.00. The van der Waals surface area contributed by atoms with E-state index in [4.69, 9.17) is 0 Å². The highest BCUT2D eigenvalue weighted by Gasteiger charge is 2.28. The van der Waals surface area contributed by atoms with Gasteiger partial charge in [0.25, 0.3) is 0 Å². The molecular formula is C17H23N3O. The van der Waals surface area contributed by atoms with Crippen LogP contribution in [0.15, 0.2) is 30.6 Å². The molecule has 2 rings (SSSR count). The number of pyridine rings is 1. The van der Waals surface area contributed by atoms with Gasteiger partial charge in [0.15, 0.2) is 0 Å². The van der Waals surface area contributed by atoms with E-state index in [1.165, 1.54) is 0 Å². The zero-order valence-corrected chi connectivity index (χ0v) is 13.2. The van der Waals surface area contributed by atoms with Gasteiger partial charge in [-0.1, -0.05) is 26.8 Å². The van der Waals surface area contributed by atoms with Crippen LogP contribution < -0.4 is 0 Å². The molecule has 0 aliphatic rings. The van der Waals surface area contributed by atoms with Crippen molar-refractivity contribution in [3.63, 3.8) is 0 Å². The Balaban J connectivity index is 2.33. The van der Waals surface area contributed by atoms with Gasteiger partial charge in [0.2, 0.25) is 0 Å². The standard InChI is InChI=1S/C17H23N3O/c1-17(2,3)16(12-21)19(4)10-13-11-20-8-6-5-7-15(20)14(13)9-18/h5-8,11,16,21H,10,12H2,1-4H3/t16-/m0/s1. The van der Waals surface area contributed by atoms with Crippen LogP contribution in [0.4, 0.5) is 0 Å². The van der Waals surface area contributed by atoms with Gasteiger partial charge in [-0.25, -0.2) is 0 Å². The molecule has 21 heavy (non-hydrogen) atoms. The largest absolute Gasteiger partial charge is 0.395 e. The lowest BCUT2D eigenvalue weighted by Crippen LogP contribution is -2.44. The Morgan fingerprint density at radius 1 is 1.38 bits per heavy atom. The van der Waals surface area contributed by atoms with Crippen molar-refractivity contribution in [2.24, 2.45) is 5.41 Å². The fraction of sp³-hybridized carbons (Fsp3) is 0.471. The monoisotopic (exact) mass is 285 g/mol. The lowest BCUT2D eigenvalue weighted by Gasteiger charge is -2.36. The van der Waals surface area contributed by atoms with Gasteiger partial charge in [-0.3, -0.25) is 4.90 Å². The van der Waals surface area contributed by atoms with Crippen LogP contribution in [0.5, 0.6) is 0 Å². The molecule has 2 heterocycles. The first-order valence-electron chi connectivity index (χ1n) is 7.18. The van der Waals surface area contributed by atoms with Crippen LogP contribution in [-0.4, -0.2) is 34.1 Å². The zero-order chi connectivity index (χ0) is 15.6. The minimum Gasteiger partial charge on any atom is -0.395 e. The molecule has 0 fully saturated rings. The molecule has 0 saturated carbocycles. The molecule has 2 aromatic heterocycles. The quantitative estimate of drug-likeness (QED) is 0.939. The molecule has 0 unspecified atom stereocenters. The first kappa shape index (κ1) is 15.6. The Kier molecular flexibility index (Phi) is 4.36. The van der Waals surface area contributed by atoms with Crippen LogP contribution in [0.2, 0.25) is 0 Å². The number of nitrogens with zero attached hydrogens (tertiary/aromatic N) is 3. The van der Waals surface area contributed by atoms with E-state index in [-0.39, 0.29) is 18.1 Å². The summed E-state index contributed by atoms with van der Waals surface area (Å²) < 4.78 is 1.98. The van der Waals surface area contributed by atoms with Crippen LogP contribution in [0, 0.1) is 16.7 Å². The lowest BCUT2D eigenvalue weighted by atomic mass is 9.86. The Labute approximate surface area is 126 Å². The van der Waals surface area contributed by atoms with Gasteiger partial charge in [-0.05, 0) is 24.6 Å². The van der Waals surface area contributed by atoms with E-state index in [9.17, 15) is 10.4 Å². The molecule has 0 radical (unpaired) electrons. The molecule has 1 N–H and O–H groups in total. The maximum atomic E-state index is 9.66. The van der Waals surface area contributed by atoms with Crippen LogP contribution in [0.25, 0.3) is 5.52 Å². The number of rotatable bonds is 4. The molecule has 0 aliphatic heterocycles. The third-order valence-corrected chi connectivity index (χ3v) is 4.00. The molecule has 4 heteroatoms. The zero-order valence-electron chi connectivity index (χ0n) is 13.2. The van der Waals surface area contributed by atoms with Crippen LogP contribution >= 0.6 is 0 Å². The minimum absolute atomic E-state index is 0.0184. The highest BCUT2D eigenvalue weighted by atomic mass is 16.3. The first-order chi connectivity index (χ1) is 9.88. The molecule has 112 valence electrons. The van der Waals surface area contributed by atoms with Gasteiger partial charge in [-0.15, -0.1) is 0 Å². The van der Waals surface area contributed by atoms with Gasteiger partial charge >= 0.3 is 0 Å². The van der Waals surface area contributed by atoms with E-state index in [0.29, 0.717) is 12.1 Å². The van der Waals surface area contributed by atoms with Crippen LogP contribution in [0.1, 0.15) is 31.9 Å². The maximum absolute atomic E-state index is 9.66. The van der Waals surface area contributed by atoms with Gasteiger partial charge < -0.3 is 9.51 Å². The lowest BCUT2D eigenvalue weighted by molar-refractivity contribution is 0.0614. The van der Waals surface area contributed by atoms with E-state index in [0.717, 1.165) is 11.1 Å². The van der Waals surface area contributed by atoms with E-state index in [2.05, 4.69) is 31.7 Å². The van der Waals surface area contributed by atoms with Gasteiger partial charge in [0.1, 0.15) is 6.07 Å². The fourth-order valence-electron chi connectivity index (χ4n) is 2.88. The summed E-state index contributed by atoms with van der Waals surface area (Å²) in [5.74, 6) is 0. The molecule has 0 aromatic carbocycles. The predicted molar refractivity (Wildman–Crippen MR) is 83.9 cm³/mol. The number of fused-ring (bicyclic) bond motifs is 1. The number of hydrogen-bond acceptors (Lipinski definition) is 3. The Morgan fingerprint density at radius 2 is 2.10 bits per heavy atom. The van der Waals surface area contributed by atoms with Crippen molar-refractivity contribution in [3.8, 4) is 6.07 Å². The van der Waals surface area contributed by atoms with Crippen molar-refractivity contribution in [1.29, 1.82) is 5.26 Å². The van der Waals surface area contributed by atoms with E-state index in [1.807, 2.05) is 42.0 Å². The molecule has 0 bridgehead atoms. The normalized spacial score (nSPS) is 13.6. The van der Waals surface area contributed by atoms with Crippen LogP contribution in [0.3, 0.4) is 0 Å². The summed E-state index contributed by atoms with van der Waals surface area (Å²) in [6.07, 6.45) is 3.95. The molecule has 2 aromatic rings. The highest BCUT2D eigenvalue weighted by molar-refractivity contribution is 5.65. The van der Waals surface area contributed by atoms with E-state index in [1.54, 1.807) is 0 Å². The Hall–Kier alpha value is -1.83. The summed E-state index contributed by atoms with van der Waals surface area (Å²) in [6.45, 7) is 7.10. The number of aliphatic hydroxyl groups is 1. The highest BCUT2D eigenvalue weighted by Crippen LogP contribution is 2.26. The summed E-state index contributed by atoms with van der Waals surface area (Å²) in [7, 11) is 2.00. The van der Waals surface area contributed by atoms with Crippen molar-refractivity contribution >= 4 is 5.52 Å². The third kappa shape index (κ3) is 3.10. The van der Waals surface area contributed by atoms with Crippen molar-refractivity contribution in [3.05, 3.63) is 41.7 Å². The second kappa shape index (κ2) is 5.88. The second-order valence-electron chi connectivity index (χ2n) is 6.61. The average molecular weight is 285 g/mol. The predicted octanol–water partition coefficient (Wildman–Crippen LogP) is 2.65. The number of aliphatic hydroxyl groups excluding tert-OH is 1. The molecule has 0 spiro atoms. The van der Waals surface area contributed by atoms with Crippen molar-refractivity contribution in [2.75, 3.05) is 13.7 Å². The number of nitriles is 1. The first-order valence-corrected chi connectivity index (χ1v) is 7.18. The molecule has 0 aliphatic carbocycles. The smallest absolute Gasteiger partial charge is 0.102 e. The summed E-state index contributed by atoms with van der Waals surface area (Å²) in [5.41, 5.74) is 2.62. The summed E-state index contributed by atoms with van der Waals surface area (Å²) >= 11 is 0. The van der Waals surface area contributed by atoms with Crippen molar-refractivity contribution in [1.82, 2.24) is 9.30 Å². The van der Waals surface area contributed by atoms with E-state index >= 15 is 0 Å². The SMILES string of the molecule is CN(Cc1cn2ccccc2c1C#N)[C@@H](CO)C(C)(C)C. The number of likely N-dealkylation sites (N-methyl/N-ethyl adjacent to an activating group) is 1. The van der Waals surface area contributed by atoms with Gasteiger partial charge in [-0.2, -0.15) is 5.26 Å². The topological polar surface area (TPSA) is 51.7 Å². The number of aromatic nitrogens is 1. The molecule has 0 amide bonds.